The van der Waals surface area contributed by atoms with Crippen LogP contribution in [0, 0.1) is 0 Å². The summed E-state index contributed by atoms with van der Waals surface area (Å²) in [5, 5.41) is 2.86. The van der Waals surface area contributed by atoms with E-state index in [-0.39, 0.29) is 11.8 Å². The molecule has 25 heavy (non-hydrogen) atoms. The zero-order valence-corrected chi connectivity index (χ0v) is 14.1. The molecule has 6 heteroatoms. The minimum absolute atomic E-state index is 0.00778. The molecule has 1 atom stereocenters. The molecule has 2 heterocycles. The number of piperidine rings is 1. The molecule has 2 aromatic rings. The zero-order valence-electron chi connectivity index (χ0n) is 14.1. The van der Waals surface area contributed by atoms with E-state index in [9.17, 15) is 9.59 Å². The highest BCUT2D eigenvalue weighted by Crippen LogP contribution is 2.28. The van der Waals surface area contributed by atoms with Crippen LogP contribution in [0.1, 0.15) is 30.9 Å². The first kappa shape index (κ1) is 17.0. The Kier molecular flexibility index (Phi) is 5.28. The van der Waals surface area contributed by atoms with Crippen molar-refractivity contribution >= 4 is 17.5 Å². The quantitative estimate of drug-likeness (QED) is 0.909. The molecule has 1 aliphatic heterocycles. The number of carbonyl (C=O) groups excluding carboxylic acids is 2. The highest BCUT2D eigenvalue weighted by atomic mass is 16.5. The molecule has 0 spiro atoms. The predicted molar refractivity (Wildman–Crippen MR) is 94.2 cm³/mol. The number of likely N-dealkylation sites (tertiary alicyclic amines) is 1. The summed E-state index contributed by atoms with van der Waals surface area (Å²) >= 11 is 0. The third-order valence-corrected chi connectivity index (χ3v) is 4.26. The van der Waals surface area contributed by atoms with Gasteiger partial charge in [0, 0.05) is 19.2 Å². The molecule has 0 bridgehead atoms. The van der Waals surface area contributed by atoms with Gasteiger partial charge in [-0.2, -0.15) is 0 Å². The number of nitrogens with zero attached hydrogens (tertiary/aromatic N) is 2. The number of benzene rings is 1. The van der Waals surface area contributed by atoms with Crippen LogP contribution in [0.2, 0.25) is 0 Å². The van der Waals surface area contributed by atoms with Gasteiger partial charge in [-0.25, -0.2) is 4.98 Å². The van der Waals surface area contributed by atoms with Crippen LogP contribution in [0.25, 0.3) is 0 Å². The Morgan fingerprint density at radius 2 is 2.00 bits per heavy atom. The molecule has 130 valence electrons. The summed E-state index contributed by atoms with van der Waals surface area (Å²) in [4.78, 5) is 31.2. The molecule has 0 aliphatic carbocycles. The van der Waals surface area contributed by atoms with Crippen molar-refractivity contribution in [3.8, 4) is 5.88 Å². The van der Waals surface area contributed by atoms with Crippen molar-refractivity contribution in [2.45, 2.75) is 25.3 Å². The maximum absolute atomic E-state index is 13.0. The minimum Gasteiger partial charge on any atom is -0.480 e. The van der Waals surface area contributed by atoms with E-state index >= 15 is 0 Å². The number of hydrogen-bond donors (Lipinski definition) is 1. The standard InChI is InChI=1S/C19H21N3O3/c1-25-19-15(10-7-12-20-19)21-18(24)17(14-8-3-2-4-9-14)22-13-6-5-11-16(22)23/h2-4,7-10,12,17H,5-6,11,13H2,1H3,(H,21,24). The maximum atomic E-state index is 13.0. The Hall–Kier alpha value is -2.89. The van der Waals surface area contributed by atoms with Gasteiger partial charge >= 0.3 is 0 Å². The van der Waals surface area contributed by atoms with Crippen LogP contribution in [0.15, 0.2) is 48.7 Å². The average Bonchev–Trinajstić information content (AvgIpc) is 2.65. The summed E-state index contributed by atoms with van der Waals surface area (Å²) < 4.78 is 5.19. The predicted octanol–water partition coefficient (Wildman–Crippen LogP) is 2.78. The van der Waals surface area contributed by atoms with E-state index in [0.29, 0.717) is 24.5 Å². The third-order valence-electron chi connectivity index (χ3n) is 4.26. The largest absolute Gasteiger partial charge is 0.480 e. The van der Waals surface area contributed by atoms with Crippen molar-refractivity contribution in [1.82, 2.24) is 9.88 Å². The molecule has 1 aromatic heterocycles. The van der Waals surface area contributed by atoms with Crippen LogP contribution in [0.4, 0.5) is 5.69 Å². The second kappa shape index (κ2) is 7.79. The Labute approximate surface area is 146 Å². The fraction of sp³-hybridized carbons (Fsp3) is 0.316. The Balaban J connectivity index is 1.91. The van der Waals surface area contributed by atoms with E-state index in [1.807, 2.05) is 30.3 Å². The molecular weight excluding hydrogens is 318 g/mol. The summed E-state index contributed by atoms with van der Waals surface area (Å²) in [7, 11) is 1.50. The Morgan fingerprint density at radius 3 is 2.72 bits per heavy atom. The third kappa shape index (κ3) is 3.79. The fourth-order valence-electron chi connectivity index (χ4n) is 3.06. The minimum atomic E-state index is -0.668. The van der Waals surface area contributed by atoms with Gasteiger partial charge in [-0.15, -0.1) is 0 Å². The average molecular weight is 339 g/mol. The molecule has 1 saturated heterocycles. The SMILES string of the molecule is COc1ncccc1NC(=O)C(c1ccccc1)N1CCCCC1=O. The number of ether oxygens (including phenoxy) is 1. The van der Waals surface area contributed by atoms with Gasteiger partial charge < -0.3 is 15.0 Å². The van der Waals surface area contributed by atoms with E-state index in [1.165, 1.54) is 7.11 Å². The summed E-state index contributed by atoms with van der Waals surface area (Å²) in [5.74, 6) is 0.0776. The summed E-state index contributed by atoms with van der Waals surface area (Å²) in [6.07, 6.45) is 3.84. The van der Waals surface area contributed by atoms with E-state index in [2.05, 4.69) is 10.3 Å². The first-order chi connectivity index (χ1) is 12.2. The maximum Gasteiger partial charge on any atom is 0.251 e. The molecule has 0 saturated carbocycles. The first-order valence-corrected chi connectivity index (χ1v) is 8.35. The number of anilines is 1. The van der Waals surface area contributed by atoms with Crippen LogP contribution in [-0.2, 0) is 9.59 Å². The lowest BCUT2D eigenvalue weighted by Gasteiger charge is -2.34. The number of nitrogens with one attached hydrogen (secondary N) is 1. The monoisotopic (exact) mass is 339 g/mol. The second-order valence-corrected chi connectivity index (χ2v) is 5.91. The molecule has 2 amide bonds. The normalized spacial score (nSPS) is 15.6. The van der Waals surface area contributed by atoms with Crippen LogP contribution in [-0.4, -0.2) is 35.4 Å². The number of pyridine rings is 1. The van der Waals surface area contributed by atoms with E-state index in [0.717, 1.165) is 18.4 Å². The summed E-state index contributed by atoms with van der Waals surface area (Å²) in [6, 6.07) is 12.1. The number of rotatable bonds is 5. The van der Waals surface area contributed by atoms with Gasteiger partial charge in [-0.1, -0.05) is 30.3 Å². The van der Waals surface area contributed by atoms with Gasteiger partial charge in [0.25, 0.3) is 5.91 Å². The van der Waals surface area contributed by atoms with Crippen molar-refractivity contribution in [2.24, 2.45) is 0 Å². The van der Waals surface area contributed by atoms with E-state index < -0.39 is 6.04 Å². The Bertz CT molecular complexity index is 749. The lowest BCUT2D eigenvalue weighted by atomic mass is 10.0. The summed E-state index contributed by atoms with van der Waals surface area (Å²) in [5.41, 5.74) is 1.28. The van der Waals surface area contributed by atoms with Crippen molar-refractivity contribution in [2.75, 3.05) is 19.0 Å². The molecule has 1 aromatic carbocycles. The molecule has 1 N–H and O–H groups in total. The van der Waals surface area contributed by atoms with E-state index in [1.54, 1.807) is 23.2 Å². The molecular formula is C19H21N3O3. The highest BCUT2D eigenvalue weighted by Gasteiger charge is 2.33. The number of aromatic nitrogens is 1. The van der Waals surface area contributed by atoms with Crippen molar-refractivity contribution in [3.05, 3.63) is 54.2 Å². The molecule has 1 fully saturated rings. The second-order valence-electron chi connectivity index (χ2n) is 5.91. The molecule has 3 rings (SSSR count). The topological polar surface area (TPSA) is 71.5 Å². The van der Waals surface area contributed by atoms with Crippen LogP contribution in [0.3, 0.4) is 0 Å². The molecule has 6 nitrogen and oxygen atoms in total. The number of methoxy groups -OCH3 is 1. The van der Waals surface area contributed by atoms with Crippen molar-refractivity contribution < 1.29 is 14.3 Å². The summed E-state index contributed by atoms with van der Waals surface area (Å²) in [6.45, 7) is 0.579. The van der Waals surface area contributed by atoms with Crippen LogP contribution < -0.4 is 10.1 Å². The zero-order chi connectivity index (χ0) is 17.6. The lowest BCUT2D eigenvalue weighted by molar-refractivity contribution is -0.141. The smallest absolute Gasteiger partial charge is 0.251 e. The van der Waals surface area contributed by atoms with Gasteiger partial charge in [0.1, 0.15) is 11.7 Å². The fourth-order valence-corrected chi connectivity index (χ4v) is 3.06. The molecule has 1 aliphatic rings. The van der Waals surface area contributed by atoms with Gasteiger partial charge in [0.2, 0.25) is 11.8 Å². The lowest BCUT2D eigenvalue weighted by Crippen LogP contribution is -2.43. The van der Waals surface area contributed by atoms with Crippen molar-refractivity contribution in [3.63, 3.8) is 0 Å². The van der Waals surface area contributed by atoms with Gasteiger partial charge in [0.05, 0.1) is 7.11 Å². The van der Waals surface area contributed by atoms with Gasteiger partial charge in [-0.3, -0.25) is 9.59 Å². The van der Waals surface area contributed by atoms with E-state index in [4.69, 9.17) is 4.74 Å². The van der Waals surface area contributed by atoms with Crippen molar-refractivity contribution in [1.29, 1.82) is 0 Å². The first-order valence-electron chi connectivity index (χ1n) is 8.35. The van der Waals surface area contributed by atoms with Crippen LogP contribution >= 0.6 is 0 Å². The van der Waals surface area contributed by atoms with Crippen LogP contribution in [0.5, 0.6) is 5.88 Å². The molecule has 0 radical (unpaired) electrons. The highest BCUT2D eigenvalue weighted by molar-refractivity contribution is 5.98. The number of carbonyl (C=O) groups is 2. The molecule has 1 unspecified atom stereocenters. The van der Waals surface area contributed by atoms with Gasteiger partial charge in [-0.05, 0) is 30.5 Å². The number of amides is 2. The number of hydrogen-bond acceptors (Lipinski definition) is 4. The van der Waals surface area contributed by atoms with Gasteiger partial charge in [0.15, 0.2) is 0 Å². The Morgan fingerprint density at radius 1 is 1.20 bits per heavy atom.